The van der Waals surface area contributed by atoms with Crippen LogP contribution in [0.25, 0.3) is 0 Å². The predicted molar refractivity (Wildman–Crippen MR) is 78.7 cm³/mol. The molecule has 9 heteroatoms. The monoisotopic (exact) mass is 333 g/mol. The van der Waals surface area contributed by atoms with E-state index < -0.39 is 12.7 Å². The van der Waals surface area contributed by atoms with Crippen molar-refractivity contribution in [2.75, 3.05) is 39.3 Å². The molecule has 2 rings (SSSR count). The number of rotatable bonds is 8. The first-order chi connectivity index (χ1) is 10.9. The summed E-state index contributed by atoms with van der Waals surface area (Å²) in [5, 5.41) is 9.82. The van der Waals surface area contributed by atoms with Crippen LogP contribution in [0.3, 0.4) is 0 Å². The van der Waals surface area contributed by atoms with Crippen molar-refractivity contribution in [2.24, 2.45) is 5.92 Å². The molecule has 2 N–H and O–H groups in total. The van der Waals surface area contributed by atoms with Gasteiger partial charge in [0.15, 0.2) is 0 Å². The molecule has 0 saturated carbocycles. The Morgan fingerprint density at radius 1 is 1.39 bits per heavy atom. The van der Waals surface area contributed by atoms with Crippen molar-refractivity contribution in [3.05, 3.63) is 18.5 Å². The Bertz CT molecular complexity index is 477. The van der Waals surface area contributed by atoms with Gasteiger partial charge in [-0.3, -0.25) is 14.4 Å². The average molecular weight is 333 g/mol. The van der Waals surface area contributed by atoms with Crippen molar-refractivity contribution >= 4 is 5.91 Å². The van der Waals surface area contributed by atoms with Crippen LogP contribution in [0, 0.1) is 5.92 Å². The molecule has 0 spiro atoms. The number of hydrogen-bond acceptors (Lipinski definition) is 4. The van der Waals surface area contributed by atoms with Gasteiger partial charge in [0.1, 0.15) is 0 Å². The van der Waals surface area contributed by atoms with Crippen molar-refractivity contribution in [3.8, 4) is 0 Å². The lowest BCUT2D eigenvalue weighted by molar-refractivity contribution is -0.143. The first kappa shape index (κ1) is 17.7. The van der Waals surface area contributed by atoms with Crippen LogP contribution in [0.5, 0.6) is 0 Å². The second kappa shape index (κ2) is 8.30. The molecule has 1 aliphatic rings. The molecule has 2 heterocycles. The van der Waals surface area contributed by atoms with E-state index in [0.717, 1.165) is 0 Å². The van der Waals surface area contributed by atoms with E-state index in [9.17, 15) is 18.0 Å². The molecule has 1 fully saturated rings. The third kappa shape index (κ3) is 7.00. The molecule has 0 aliphatic carbocycles. The Morgan fingerprint density at radius 2 is 2.22 bits per heavy atom. The topological polar surface area (TPSA) is 62.2 Å². The number of carbonyl (C=O) groups is 1. The van der Waals surface area contributed by atoms with Crippen LogP contribution in [0.2, 0.25) is 0 Å². The molecule has 1 amide bonds. The Kier molecular flexibility index (Phi) is 6.40. The lowest BCUT2D eigenvalue weighted by Gasteiger charge is -2.18. The Morgan fingerprint density at radius 3 is 2.91 bits per heavy atom. The van der Waals surface area contributed by atoms with Crippen LogP contribution in [-0.2, 0) is 11.3 Å². The summed E-state index contributed by atoms with van der Waals surface area (Å²) in [6.07, 6.45) is 0.0602. The highest BCUT2D eigenvalue weighted by molar-refractivity contribution is 5.77. The summed E-state index contributed by atoms with van der Waals surface area (Å²) in [6, 6.07) is 1.83. The van der Waals surface area contributed by atoms with E-state index in [2.05, 4.69) is 15.7 Å². The van der Waals surface area contributed by atoms with E-state index >= 15 is 0 Å². The minimum Gasteiger partial charge on any atom is -0.355 e. The van der Waals surface area contributed by atoms with Crippen LogP contribution in [-0.4, -0.2) is 66.0 Å². The lowest BCUT2D eigenvalue weighted by atomic mass is 10.1. The molecule has 23 heavy (non-hydrogen) atoms. The molecule has 1 saturated heterocycles. The van der Waals surface area contributed by atoms with E-state index in [1.165, 1.54) is 4.90 Å². The van der Waals surface area contributed by atoms with Crippen molar-refractivity contribution in [1.82, 2.24) is 25.3 Å². The van der Waals surface area contributed by atoms with Gasteiger partial charge in [0, 0.05) is 32.0 Å². The summed E-state index contributed by atoms with van der Waals surface area (Å²) in [5.41, 5.74) is 0. The van der Waals surface area contributed by atoms with Crippen LogP contribution >= 0.6 is 0 Å². The number of alkyl halides is 3. The number of carbonyl (C=O) groups excluding carboxylic acids is 1. The summed E-state index contributed by atoms with van der Waals surface area (Å²) in [7, 11) is 0. The standard InChI is InChI=1S/C14H22F3N5O/c15-14(16,17)11-21-6-2-12(10-21)8-19-13(23)9-18-4-7-22-5-1-3-20-22/h1,3,5,12,18H,2,4,6-11H2,(H,19,23)/t12-/m1/s1. The number of nitrogens with zero attached hydrogens (tertiary/aromatic N) is 3. The van der Waals surface area contributed by atoms with Gasteiger partial charge in [-0.1, -0.05) is 0 Å². The van der Waals surface area contributed by atoms with Crippen LogP contribution in [0.1, 0.15) is 6.42 Å². The molecule has 1 aliphatic heterocycles. The zero-order valence-corrected chi connectivity index (χ0v) is 12.9. The maximum Gasteiger partial charge on any atom is 0.401 e. The maximum atomic E-state index is 12.3. The van der Waals surface area contributed by atoms with Crippen LogP contribution in [0.4, 0.5) is 13.2 Å². The fourth-order valence-corrected chi connectivity index (χ4v) is 2.63. The Hall–Kier alpha value is -1.61. The van der Waals surface area contributed by atoms with Gasteiger partial charge in [0.05, 0.1) is 19.6 Å². The van der Waals surface area contributed by atoms with Gasteiger partial charge in [-0.2, -0.15) is 18.3 Å². The van der Waals surface area contributed by atoms with Gasteiger partial charge in [0.2, 0.25) is 5.91 Å². The number of nitrogens with one attached hydrogen (secondary N) is 2. The van der Waals surface area contributed by atoms with Gasteiger partial charge >= 0.3 is 6.18 Å². The number of aromatic nitrogens is 2. The third-order valence-corrected chi connectivity index (χ3v) is 3.72. The molecule has 130 valence electrons. The maximum absolute atomic E-state index is 12.3. The zero-order chi connectivity index (χ0) is 16.7. The smallest absolute Gasteiger partial charge is 0.355 e. The molecule has 0 bridgehead atoms. The zero-order valence-electron chi connectivity index (χ0n) is 12.9. The van der Waals surface area contributed by atoms with Crippen LogP contribution in [0.15, 0.2) is 18.5 Å². The first-order valence-corrected chi connectivity index (χ1v) is 7.66. The van der Waals surface area contributed by atoms with E-state index in [-0.39, 0.29) is 18.4 Å². The molecular formula is C14H22F3N5O. The van der Waals surface area contributed by atoms with Crippen LogP contribution < -0.4 is 10.6 Å². The molecular weight excluding hydrogens is 311 g/mol. The lowest BCUT2D eigenvalue weighted by Crippen LogP contribution is -2.38. The van der Waals surface area contributed by atoms with Crippen molar-refractivity contribution < 1.29 is 18.0 Å². The molecule has 1 atom stereocenters. The molecule has 0 radical (unpaired) electrons. The largest absolute Gasteiger partial charge is 0.401 e. The third-order valence-electron chi connectivity index (χ3n) is 3.72. The fourth-order valence-electron chi connectivity index (χ4n) is 2.63. The van der Waals surface area contributed by atoms with Gasteiger partial charge in [-0.05, 0) is 24.9 Å². The van der Waals surface area contributed by atoms with Gasteiger partial charge in [-0.15, -0.1) is 0 Å². The van der Waals surface area contributed by atoms with Gasteiger partial charge in [0.25, 0.3) is 0 Å². The Labute approximate surface area is 133 Å². The second-order valence-corrected chi connectivity index (χ2v) is 5.75. The molecule has 1 aromatic rings. The highest BCUT2D eigenvalue weighted by Crippen LogP contribution is 2.22. The van der Waals surface area contributed by atoms with Crippen molar-refractivity contribution in [2.45, 2.75) is 19.1 Å². The van der Waals surface area contributed by atoms with Crippen molar-refractivity contribution in [1.29, 1.82) is 0 Å². The van der Waals surface area contributed by atoms with E-state index in [0.29, 0.717) is 39.1 Å². The quantitative estimate of drug-likeness (QED) is 0.679. The summed E-state index contributed by atoms with van der Waals surface area (Å²) in [6.45, 7) is 1.86. The molecule has 1 aromatic heterocycles. The van der Waals surface area contributed by atoms with Gasteiger partial charge < -0.3 is 10.6 Å². The number of amides is 1. The molecule has 6 nitrogen and oxygen atoms in total. The highest BCUT2D eigenvalue weighted by atomic mass is 19.4. The minimum absolute atomic E-state index is 0.0883. The first-order valence-electron chi connectivity index (χ1n) is 7.66. The summed E-state index contributed by atoms with van der Waals surface area (Å²) in [5.74, 6) is -0.0508. The normalized spacial score (nSPS) is 19.2. The summed E-state index contributed by atoms with van der Waals surface area (Å²) < 4.78 is 38.7. The number of hydrogen-bond donors (Lipinski definition) is 2. The number of likely N-dealkylation sites (tertiary alicyclic amines) is 1. The van der Waals surface area contributed by atoms with E-state index in [1.807, 2.05) is 12.3 Å². The van der Waals surface area contributed by atoms with Gasteiger partial charge in [-0.25, -0.2) is 0 Å². The molecule has 0 aromatic carbocycles. The fraction of sp³-hybridized carbons (Fsp3) is 0.714. The average Bonchev–Trinajstić information content (AvgIpc) is 3.11. The second-order valence-electron chi connectivity index (χ2n) is 5.75. The van der Waals surface area contributed by atoms with E-state index in [4.69, 9.17) is 0 Å². The summed E-state index contributed by atoms with van der Waals surface area (Å²) >= 11 is 0. The molecule has 0 unspecified atom stereocenters. The SMILES string of the molecule is O=C(CNCCn1cccn1)NC[C@H]1CCN(CC(F)(F)F)C1. The summed E-state index contributed by atoms with van der Waals surface area (Å²) in [4.78, 5) is 13.1. The number of halogens is 3. The minimum atomic E-state index is -4.16. The Balaban J connectivity index is 1.53. The highest BCUT2D eigenvalue weighted by Gasteiger charge is 2.34. The van der Waals surface area contributed by atoms with E-state index in [1.54, 1.807) is 10.9 Å². The van der Waals surface area contributed by atoms with Crippen molar-refractivity contribution in [3.63, 3.8) is 0 Å². The predicted octanol–water partition coefficient (Wildman–Crippen LogP) is 0.473.